The normalized spacial score (nSPS) is 29.7. The van der Waals surface area contributed by atoms with Crippen molar-refractivity contribution in [1.82, 2.24) is 14.7 Å². The summed E-state index contributed by atoms with van der Waals surface area (Å²) < 4.78 is 5.39. The van der Waals surface area contributed by atoms with E-state index < -0.39 is 5.97 Å². The van der Waals surface area contributed by atoms with Gasteiger partial charge in [-0.15, -0.1) is 0 Å². The Bertz CT molecular complexity index is 381. The highest BCUT2D eigenvalue weighted by Crippen LogP contribution is 2.25. The zero-order chi connectivity index (χ0) is 16.1. The lowest BCUT2D eigenvalue weighted by Gasteiger charge is -2.30. The predicted molar refractivity (Wildman–Crippen MR) is 88.7 cm³/mol. The van der Waals surface area contributed by atoms with Crippen molar-refractivity contribution in [3.05, 3.63) is 0 Å². The van der Waals surface area contributed by atoms with Gasteiger partial charge in [-0.3, -0.25) is 19.5 Å². The molecule has 0 aromatic heterocycles. The molecular weight excluding hydrogens is 294 g/mol. The minimum absolute atomic E-state index is 0.247. The zero-order valence-corrected chi connectivity index (χ0v) is 14.2. The quantitative estimate of drug-likeness (QED) is 0.798. The third-order valence-corrected chi connectivity index (χ3v) is 5.66. The monoisotopic (exact) mass is 325 g/mol. The molecule has 3 rings (SSSR count). The lowest BCUT2D eigenvalue weighted by atomic mass is 10.1. The Labute approximate surface area is 139 Å². The van der Waals surface area contributed by atoms with Crippen LogP contribution in [0.4, 0.5) is 0 Å². The van der Waals surface area contributed by atoms with E-state index in [1.165, 1.54) is 25.7 Å². The highest BCUT2D eigenvalue weighted by molar-refractivity contribution is 5.70. The van der Waals surface area contributed by atoms with Gasteiger partial charge in [-0.2, -0.15) is 0 Å². The Balaban J connectivity index is 1.52. The van der Waals surface area contributed by atoms with Gasteiger partial charge in [0.15, 0.2) is 0 Å². The first-order valence-electron chi connectivity index (χ1n) is 9.21. The van der Waals surface area contributed by atoms with Crippen molar-refractivity contribution >= 4 is 5.97 Å². The Kier molecular flexibility index (Phi) is 6.28. The van der Waals surface area contributed by atoms with E-state index in [4.69, 9.17) is 4.74 Å². The molecule has 132 valence electrons. The summed E-state index contributed by atoms with van der Waals surface area (Å²) in [6.45, 7) is 9.12. The second-order valence-electron chi connectivity index (χ2n) is 7.22. The summed E-state index contributed by atoms with van der Waals surface area (Å²) in [5, 5.41) is 9.58. The van der Waals surface area contributed by atoms with Crippen LogP contribution in [0.25, 0.3) is 0 Å². The van der Waals surface area contributed by atoms with Crippen molar-refractivity contribution in [3.8, 4) is 0 Å². The third kappa shape index (κ3) is 4.89. The predicted octanol–water partition coefficient (Wildman–Crippen LogP) is 0.580. The van der Waals surface area contributed by atoms with Crippen molar-refractivity contribution in [3.63, 3.8) is 0 Å². The van der Waals surface area contributed by atoms with Crippen LogP contribution >= 0.6 is 0 Å². The van der Waals surface area contributed by atoms with Gasteiger partial charge in [-0.05, 0) is 12.8 Å². The molecule has 2 heterocycles. The molecule has 2 aliphatic heterocycles. The molecule has 0 spiro atoms. The molecule has 1 aliphatic carbocycles. The number of morpholine rings is 1. The number of carbonyl (C=O) groups is 1. The van der Waals surface area contributed by atoms with Gasteiger partial charge in [0, 0.05) is 58.4 Å². The van der Waals surface area contributed by atoms with Gasteiger partial charge in [0.25, 0.3) is 0 Å². The van der Waals surface area contributed by atoms with Crippen molar-refractivity contribution < 1.29 is 14.6 Å². The molecule has 23 heavy (non-hydrogen) atoms. The van der Waals surface area contributed by atoms with Gasteiger partial charge in [0.2, 0.25) is 0 Å². The fourth-order valence-electron chi connectivity index (χ4n) is 4.17. The number of ether oxygens (including phenoxy) is 1. The van der Waals surface area contributed by atoms with Gasteiger partial charge in [0.1, 0.15) is 0 Å². The van der Waals surface area contributed by atoms with Gasteiger partial charge in [-0.1, -0.05) is 12.8 Å². The minimum Gasteiger partial charge on any atom is -0.481 e. The second-order valence-corrected chi connectivity index (χ2v) is 7.22. The Morgan fingerprint density at radius 1 is 0.957 bits per heavy atom. The maximum atomic E-state index is 11.6. The number of aliphatic carboxylic acids is 1. The molecule has 1 N–H and O–H groups in total. The summed E-state index contributed by atoms with van der Waals surface area (Å²) in [6, 6.07) is 0.621. The molecule has 0 radical (unpaired) electrons. The van der Waals surface area contributed by atoms with E-state index in [0.29, 0.717) is 12.6 Å². The van der Waals surface area contributed by atoms with Crippen LogP contribution in [0.1, 0.15) is 25.7 Å². The van der Waals surface area contributed by atoms with E-state index in [1.54, 1.807) is 0 Å². The minimum atomic E-state index is -0.633. The highest BCUT2D eigenvalue weighted by atomic mass is 16.5. The summed E-state index contributed by atoms with van der Waals surface area (Å²) in [5.74, 6) is -0.881. The maximum absolute atomic E-state index is 11.6. The lowest BCUT2D eigenvalue weighted by molar-refractivity contribution is -0.142. The summed E-state index contributed by atoms with van der Waals surface area (Å²) in [4.78, 5) is 18.9. The lowest BCUT2D eigenvalue weighted by Crippen LogP contribution is -2.43. The maximum Gasteiger partial charge on any atom is 0.309 e. The number of carboxylic acid groups (broad SMARTS) is 1. The van der Waals surface area contributed by atoms with Crippen LogP contribution in [0.5, 0.6) is 0 Å². The van der Waals surface area contributed by atoms with Crippen molar-refractivity contribution in [1.29, 1.82) is 0 Å². The Morgan fingerprint density at radius 3 is 2.35 bits per heavy atom. The van der Waals surface area contributed by atoms with Crippen LogP contribution in [-0.4, -0.2) is 97.4 Å². The molecule has 0 amide bonds. The van der Waals surface area contributed by atoms with E-state index in [-0.39, 0.29) is 5.92 Å². The Hall–Kier alpha value is -0.690. The van der Waals surface area contributed by atoms with Gasteiger partial charge < -0.3 is 9.84 Å². The molecule has 0 aromatic carbocycles. The standard InChI is InChI=1S/C17H31N3O3/c21-17(22)15-13-19(6-5-18-9-11-23-12-10-18)7-8-20(14-15)16-3-1-2-4-16/h15-16H,1-14H2,(H,21,22)/t15-/m1/s1. The highest BCUT2D eigenvalue weighted by Gasteiger charge is 2.32. The van der Waals surface area contributed by atoms with Crippen molar-refractivity contribution in [2.24, 2.45) is 5.92 Å². The fraction of sp³-hybridized carbons (Fsp3) is 0.941. The van der Waals surface area contributed by atoms with Crippen LogP contribution in [0.2, 0.25) is 0 Å². The second kappa shape index (κ2) is 8.42. The molecule has 1 atom stereocenters. The number of carboxylic acids is 1. The molecular formula is C17H31N3O3. The average molecular weight is 325 g/mol. The number of hydrogen-bond acceptors (Lipinski definition) is 5. The molecule has 1 saturated carbocycles. The van der Waals surface area contributed by atoms with E-state index in [2.05, 4.69) is 14.7 Å². The van der Waals surface area contributed by atoms with Crippen molar-refractivity contribution in [2.75, 3.05) is 65.6 Å². The van der Waals surface area contributed by atoms with E-state index >= 15 is 0 Å². The summed E-state index contributed by atoms with van der Waals surface area (Å²) >= 11 is 0. The number of rotatable bonds is 5. The van der Waals surface area contributed by atoms with Gasteiger partial charge >= 0.3 is 5.97 Å². The molecule has 0 unspecified atom stereocenters. The summed E-state index contributed by atoms with van der Waals surface area (Å²) in [7, 11) is 0. The SMILES string of the molecule is O=C(O)[C@@H]1CN(CCN2CCOCC2)CCN(C2CCCC2)C1. The molecule has 2 saturated heterocycles. The first kappa shape index (κ1) is 17.1. The van der Waals surface area contributed by atoms with Crippen LogP contribution in [-0.2, 0) is 9.53 Å². The zero-order valence-electron chi connectivity index (χ0n) is 14.2. The molecule has 3 fully saturated rings. The topological polar surface area (TPSA) is 56.3 Å². The van der Waals surface area contributed by atoms with Crippen LogP contribution in [0, 0.1) is 5.92 Å². The van der Waals surface area contributed by atoms with Crippen LogP contribution < -0.4 is 0 Å². The summed E-state index contributed by atoms with van der Waals surface area (Å²) in [6.07, 6.45) is 5.11. The van der Waals surface area contributed by atoms with E-state index in [0.717, 1.165) is 59.0 Å². The largest absolute Gasteiger partial charge is 0.481 e. The van der Waals surface area contributed by atoms with Crippen molar-refractivity contribution in [2.45, 2.75) is 31.7 Å². The average Bonchev–Trinajstić information content (AvgIpc) is 3.01. The smallest absolute Gasteiger partial charge is 0.309 e. The number of nitrogens with zero attached hydrogens (tertiary/aromatic N) is 3. The molecule has 6 heteroatoms. The third-order valence-electron chi connectivity index (χ3n) is 5.66. The molecule has 6 nitrogen and oxygen atoms in total. The fourth-order valence-corrected chi connectivity index (χ4v) is 4.17. The number of hydrogen-bond donors (Lipinski definition) is 1. The van der Waals surface area contributed by atoms with Gasteiger partial charge in [0.05, 0.1) is 19.1 Å². The molecule has 0 bridgehead atoms. The first-order valence-corrected chi connectivity index (χ1v) is 9.21. The molecule has 0 aromatic rings. The van der Waals surface area contributed by atoms with Crippen LogP contribution in [0.15, 0.2) is 0 Å². The molecule has 3 aliphatic rings. The van der Waals surface area contributed by atoms with Gasteiger partial charge in [-0.25, -0.2) is 0 Å². The van der Waals surface area contributed by atoms with Crippen LogP contribution in [0.3, 0.4) is 0 Å². The first-order chi connectivity index (χ1) is 11.2. The summed E-state index contributed by atoms with van der Waals surface area (Å²) in [5.41, 5.74) is 0. The van der Waals surface area contributed by atoms with E-state index in [1.807, 2.05) is 0 Å². The van der Waals surface area contributed by atoms with E-state index in [9.17, 15) is 9.90 Å². The Morgan fingerprint density at radius 2 is 1.65 bits per heavy atom.